The van der Waals surface area contributed by atoms with Gasteiger partial charge in [0, 0.05) is 6.04 Å². The van der Waals surface area contributed by atoms with Gasteiger partial charge in [-0.2, -0.15) is 0 Å². The number of nitrogen functional groups attached to an aromatic ring is 1. The number of carbonyl (C=O) groups excluding carboxylic acids is 1. The Labute approximate surface area is 106 Å². The van der Waals surface area contributed by atoms with Crippen LogP contribution in [0.25, 0.3) is 0 Å². The number of aryl methyl sites for hydroxylation is 1. The lowest BCUT2D eigenvalue weighted by atomic mass is 9.92. The predicted octanol–water partition coefficient (Wildman–Crippen LogP) is 2.34. The minimum atomic E-state index is -0.0283. The minimum Gasteiger partial charge on any atom is -0.375 e. The molecule has 0 bridgehead atoms. The van der Waals surface area contributed by atoms with Crippen molar-refractivity contribution < 1.29 is 4.79 Å². The summed E-state index contributed by atoms with van der Waals surface area (Å²) < 4.78 is 0. The van der Waals surface area contributed by atoms with Gasteiger partial charge in [-0.05, 0) is 31.6 Å². The van der Waals surface area contributed by atoms with E-state index in [-0.39, 0.29) is 5.91 Å². The fourth-order valence-corrected chi connectivity index (χ4v) is 3.17. The first-order valence-corrected chi connectivity index (χ1v) is 6.73. The molecular formula is C12H19N3OS. The molecule has 1 unspecified atom stereocenters. The molecule has 1 aromatic heterocycles. The van der Waals surface area contributed by atoms with Crippen LogP contribution in [0.5, 0.6) is 0 Å². The van der Waals surface area contributed by atoms with E-state index in [1.165, 1.54) is 17.8 Å². The molecule has 2 rings (SSSR count). The number of amides is 1. The number of hydrogen-bond donors (Lipinski definition) is 2. The summed E-state index contributed by atoms with van der Waals surface area (Å²) in [7, 11) is 0. The highest BCUT2D eigenvalue weighted by Crippen LogP contribution is 2.37. The largest absolute Gasteiger partial charge is 0.375 e. The van der Waals surface area contributed by atoms with Crippen molar-refractivity contribution in [3.05, 3.63) is 10.6 Å². The first-order valence-electron chi connectivity index (χ1n) is 5.91. The average Bonchev–Trinajstić information content (AvgIpc) is 2.69. The topological polar surface area (TPSA) is 68.0 Å². The molecule has 0 saturated heterocycles. The molecule has 3 N–H and O–H groups in total. The second-order valence-electron chi connectivity index (χ2n) is 5.54. The molecule has 1 atom stereocenters. The van der Waals surface area contributed by atoms with Gasteiger partial charge in [0.2, 0.25) is 0 Å². The molecule has 0 aromatic carbocycles. The van der Waals surface area contributed by atoms with E-state index in [9.17, 15) is 4.79 Å². The van der Waals surface area contributed by atoms with Crippen LogP contribution in [0.15, 0.2) is 0 Å². The Morgan fingerprint density at radius 3 is 2.76 bits per heavy atom. The van der Waals surface area contributed by atoms with E-state index in [0.717, 1.165) is 18.5 Å². The van der Waals surface area contributed by atoms with Gasteiger partial charge in [0.15, 0.2) is 5.13 Å². The van der Waals surface area contributed by atoms with Crippen LogP contribution in [-0.2, 0) is 0 Å². The SMILES string of the molecule is Cc1nc(N)sc1C(=O)NC1CCC(C)(C)C1. The fraction of sp³-hybridized carbons (Fsp3) is 0.667. The minimum absolute atomic E-state index is 0.0283. The Balaban J connectivity index is 2.01. The molecule has 1 heterocycles. The number of thiazole rings is 1. The third kappa shape index (κ3) is 2.77. The summed E-state index contributed by atoms with van der Waals surface area (Å²) in [5, 5.41) is 3.54. The number of anilines is 1. The van der Waals surface area contributed by atoms with Gasteiger partial charge in [0.1, 0.15) is 4.88 Å². The molecule has 5 heteroatoms. The van der Waals surface area contributed by atoms with Crippen molar-refractivity contribution >= 4 is 22.4 Å². The molecule has 1 amide bonds. The van der Waals surface area contributed by atoms with Crippen molar-refractivity contribution in [3.8, 4) is 0 Å². The number of nitrogens with zero attached hydrogens (tertiary/aromatic N) is 1. The number of aromatic nitrogens is 1. The summed E-state index contributed by atoms with van der Waals surface area (Å²) in [4.78, 5) is 16.8. The summed E-state index contributed by atoms with van der Waals surface area (Å²) >= 11 is 1.26. The van der Waals surface area contributed by atoms with E-state index in [1.807, 2.05) is 6.92 Å². The zero-order valence-corrected chi connectivity index (χ0v) is 11.4. The molecular weight excluding hydrogens is 234 g/mol. The van der Waals surface area contributed by atoms with Crippen LogP contribution in [0, 0.1) is 12.3 Å². The molecule has 1 fully saturated rings. The first-order chi connectivity index (χ1) is 7.87. The van der Waals surface area contributed by atoms with Gasteiger partial charge in [-0.3, -0.25) is 4.79 Å². The number of carbonyl (C=O) groups is 1. The third-order valence-corrected chi connectivity index (χ3v) is 4.31. The lowest BCUT2D eigenvalue weighted by Crippen LogP contribution is -2.33. The lowest BCUT2D eigenvalue weighted by Gasteiger charge is -2.17. The summed E-state index contributed by atoms with van der Waals surface area (Å²) in [5.74, 6) is -0.0283. The number of nitrogens with two attached hydrogens (primary N) is 1. The van der Waals surface area contributed by atoms with E-state index >= 15 is 0 Å². The molecule has 17 heavy (non-hydrogen) atoms. The van der Waals surface area contributed by atoms with E-state index < -0.39 is 0 Å². The van der Waals surface area contributed by atoms with Crippen molar-refractivity contribution in [2.45, 2.75) is 46.1 Å². The van der Waals surface area contributed by atoms with Crippen LogP contribution in [0.4, 0.5) is 5.13 Å². The smallest absolute Gasteiger partial charge is 0.263 e. The molecule has 1 aliphatic carbocycles. The summed E-state index contributed by atoms with van der Waals surface area (Å²) in [5.41, 5.74) is 6.67. The van der Waals surface area contributed by atoms with Crippen molar-refractivity contribution in [1.82, 2.24) is 10.3 Å². The van der Waals surface area contributed by atoms with Gasteiger partial charge >= 0.3 is 0 Å². The quantitative estimate of drug-likeness (QED) is 0.850. The third-order valence-electron chi connectivity index (χ3n) is 3.32. The first kappa shape index (κ1) is 12.4. The Kier molecular flexibility index (Phi) is 3.12. The molecule has 94 valence electrons. The van der Waals surface area contributed by atoms with Gasteiger partial charge in [0.25, 0.3) is 5.91 Å². The molecule has 0 spiro atoms. The Morgan fingerprint density at radius 1 is 1.59 bits per heavy atom. The fourth-order valence-electron chi connectivity index (χ4n) is 2.44. The van der Waals surface area contributed by atoms with Gasteiger partial charge in [0.05, 0.1) is 5.69 Å². The van der Waals surface area contributed by atoms with Crippen molar-refractivity contribution in [3.63, 3.8) is 0 Å². The number of hydrogen-bond acceptors (Lipinski definition) is 4. The lowest BCUT2D eigenvalue weighted by molar-refractivity contribution is 0.0939. The highest BCUT2D eigenvalue weighted by molar-refractivity contribution is 7.17. The average molecular weight is 253 g/mol. The highest BCUT2D eigenvalue weighted by Gasteiger charge is 2.32. The number of rotatable bonds is 2. The molecule has 0 aliphatic heterocycles. The van der Waals surface area contributed by atoms with E-state index in [1.54, 1.807) is 0 Å². The van der Waals surface area contributed by atoms with Crippen molar-refractivity contribution in [2.75, 3.05) is 5.73 Å². The molecule has 1 aromatic rings. The van der Waals surface area contributed by atoms with Crippen LogP contribution in [0.1, 0.15) is 48.5 Å². The van der Waals surface area contributed by atoms with Crippen molar-refractivity contribution in [1.29, 1.82) is 0 Å². The zero-order chi connectivity index (χ0) is 12.6. The maximum Gasteiger partial charge on any atom is 0.263 e. The van der Waals surface area contributed by atoms with Crippen molar-refractivity contribution in [2.24, 2.45) is 5.41 Å². The van der Waals surface area contributed by atoms with Crippen LogP contribution in [0.2, 0.25) is 0 Å². The highest BCUT2D eigenvalue weighted by atomic mass is 32.1. The Hall–Kier alpha value is -1.10. The molecule has 1 aliphatic rings. The van der Waals surface area contributed by atoms with E-state index in [2.05, 4.69) is 24.1 Å². The maximum atomic E-state index is 12.0. The maximum absolute atomic E-state index is 12.0. The summed E-state index contributed by atoms with van der Waals surface area (Å²) in [6, 6.07) is 0.292. The predicted molar refractivity (Wildman–Crippen MR) is 70.1 cm³/mol. The second kappa shape index (κ2) is 4.29. The molecule has 1 saturated carbocycles. The van der Waals surface area contributed by atoms with Crippen LogP contribution < -0.4 is 11.1 Å². The summed E-state index contributed by atoms with van der Waals surface area (Å²) in [6.45, 7) is 6.31. The number of nitrogens with one attached hydrogen (secondary N) is 1. The Morgan fingerprint density at radius 2 is 2.29 bits per heavy atom. The standard InChI is InChI=1S/C12H19N3OS/c1-7-9(17-11(13)14-7)10(16)15-8-4-5-12(2,3)6-8/h8H,4-6H2,1-3H3,(H2,13,14)(H,15,16). The zero-order valence-electron chi connectivity index (χ0n) is 10.5. The van der Waals surface area contributed by atoms with E-state index in [0.29, 0.717) is 21.5 Å². The van der Waals surface area contributed by atoms with Gasteiger partial charge in [-0.25, -0.2) is 4.98 Å². The Bertz CT molecular complexity index is 439. The monoisotopic (exact) mass is 253 g/mol. The van der Waals surface area contributed by atoms with Gasteiger partial charge in [-0.15, -0.1) is 0 Å². The van der Waals surface area contributed by atoms with Crippen LogP contribution >= 0.6 is 11.3 Å². The van der Waals surface area contributed by atoms with Gasteiger partial charge < -0.3 is 11.1 Å². The molecule has 0 radical (unpaired) electrons. The van der Waals surface area contributed by atoms with Crippen LogP contribution in [-0.4, -0.2) is 16.9 Å². The van der Waals surface area contributed by atoms with Crippen LogP contribution in [0.3, 0.4) is 0 Å². The van der Waals surface area contributed by atoms with E-state index in [4.69, 9.17) is 5.73 Å². The normalized spacial score (nSPS) is 22.6. The second-order valence-corrected chi connectivity index (χ2v) is 6.57. The van der Waals surface area contributed by atoms with Gasteiger partial charge in [-0.1, -0.05) is 25.2 Å². The summed E-state index contributed by atoms with van der Waals surface area (Å²) in [6.07, 6.45) is 3.28. The molecule has 4 nitrogen and oxygen atoms in total.